The number of ether oxygens (including phenoxy) is 1. The van der Waals surface area contributed by atoms with Crippen molar-refractivity contribution in [1.29, 1.82) is 0 Å². The molecule has 3 unspecified atom stereocenters. The second-order valence-electron chi connectivity index (χ2n) is 22.5. The Labute approximate surface area is 476 Å². The zero-order chi connectivity index (χ0) is 56.4. The number of allylic oxidation sites excluding steroid dienone is 13. The average Bonchev–Trinajstić information content (AvgIpc) is 3.39. The highest BCUT2D eigenvalue weighted by Gasteiger charge is 2.27. The van der Waals surface area contributed by atoms with Crippen molar-refractivity contribution in [3.05, 3.63) is 85.1 Å². The molecule has 9 nitrogen and oxygen atoms in total. The summed E-state index contributed by atoms with van der Waals surface area (Å²) in [6.45, 7) is 6.69. The SMILES string of the molecule is CC/C=C\C/C=C\C/C=C\C/C=C\C/C=C\C/C=C\CCC(=O)NC(COP(=O)([O-])OCC[N+](C)(C)C)C(/C=C/CCCCCCCCCCCCC)OC(=O)CCCCCCCCCCCCCCCCCCCCC. The van der Waals surface area contributed by atoms with Gasteiger partial charge in [-0.2, -0.15) is 0 Å². The first-order chi connectivity index (χ1) is 37.4. The standard InChI is InChI=1S/C67H121N2O7P/c1-7-10-13-16-19-22-25-28-30-32-34-36-38-41-44-47-50-53-56-59-66(70)68-64(63-75-77(72,73)74-62-61-69(4,5)6)65(58-55-52-49-46-43-40-27-24-21-18-15-12-9-3)76-67(71)60-57-54-51-48-45-42-39-37-35-33-31-29-26-23-20-17-14-11-8-2/h10,13,19,22,28,30,34,36,41,44,50,53,55,58,64-65H,7-9,11-12,14-18,20-21,23-27,29,31-33,35,37-40,42-43,45-49,51-52,54,56-57,59-63H2,1-6H3,(H-,68,70,72,73)/b13-10-,22-19-,30-28-,36-34-,44-41-,53-50-,58-55+. The van der Waals surface area contributed by atoms with Crippen LogP contribution in [0.4, 0.5) is 0 Å². The van der Waals surface area contributed by atoms with E-state index >= 15 is 0 Å². The van der Waals surface area contributed by atoms with Crippen molar-refractivity contribution in [1.82, 2.24) is 5.32 Å². The molecule has 0 aromatic heterocycles. The molecular weight excluding hydrogens is 976 g/mol. The molecule has 0 aromatic rings. The van der Waals surface area contributed by atoms with Gasteiger partial charge in [0.05, 0.1) is 33.8 Å². The molecule has 0 bridgehead atoms. The van der Waals surface area contributed by atoms with E-state index in [1.54, 1.807) is 0 Å². The van der Waals surface area contributed by atoms with Crippen LogP contribution in [0.5, 0.6) is 0 Å². The molecule has 0 heterocycles. The number of carbonyl (C=O) groups is 2. The number of phosphoric acid groups is 1. The number of likely N-dealkylation sites (N-methyl/N-ethyl adjacent to an activating group) is 1. The van der Waals surface area contributed by atoms with Crippen molar-refractivity contribution in [3.63, 3.8) is 0 Å². The summed E-state index contributed by atoms with van der Waals surface area (Å²) in [5.74, 6) is -0.633. The Morgan fingerprint density at radius 3 is 1.25 bits per heavy atom. The summed E-state index contributed by atoms with van der Waals surface area (Å²) >= 11 is 0. The zero-order valence-corrected chi connectivity index (χ0v) is 51.8. The summed E-state index contributed by atoms with van der Waals surface area (Å²) in [5, 5.41) is 2.98. The van der Waals surface area contributed by atoms with E-state index in [2.05, 4.69) is 86.8 Å². The molecule has 0 aliphatic rings. The smallest absolute Gasteiger partial charge is 0.306 e. The van der Waals surface area contributed by atoms with Crippen LogP contribution in [0, 0.1) is 0 Å². The molecule has 10 heteroatoms. The lowest BCUT2D eigenvalue weighted by Gasteiger charge is -2.30. The first-order valence-electron chi connectivity index (χ1n) is 31.9. The van der Waals surface area contributed by atoms with Gasteiger partial charge in [-0.05, 0) is 70.3 Å². The Balaban J connectivity index is 5.36. The molecule has 0 aliphatic heterocycles. The van der Waals surface area contributed by atoms with Gasteiger partial charge < -0.3 is 28.5 Å². The highest BCUT2D eigenvalue weighted by atomic mass is 31.2. The number of nitrogens with one attached hydrogen (secondary N) is 1. The van der Waals surface area contributed by atoms with Crippen LogP contribution in [-0.2, 0) is 27.9 Å². The molecule has 0 spiro atoms. The number of carbonyl (C=O) groups excluding carboxylic acids is 2. The van der Waals surface area contributed by atoms with Gasteiger partial charge in [-0.1, -0.05) is 280 Å². The summed E-state index contributed by atoms with van der Waals surface area (Å²) in [6, 6.07) is -0.931. The Morgan fingerprint density at radius 1 is 0.468 bits per heavy atom. The van der Waals surface area contributed by atoms with E-state index in [4.69, 9.17) is 13.8 Å². The van der Waals surface area contributed by atoms with E-state index in [0.29, 0.717) is 17.4 Å². The predicted octanol–water partition coefficient (Wildman–Crippen LogP) is 19.1. The number of phosphoric ester groups is 1. The molecular formula is C67H121N2O7P. The lowest BCUT2D eigenvalue weighted by molar-refractivity contribution is -0.870. The van der Waals surface area contributed by atoms with E-state index in [-0.39, 0.29) is 31.3 Å². The number of esters is 1. The highest BCUT2D eigenvalue weighted by molar-refractivity contribution is 7.45. The summed E-state index contributed by atoms with van der Waals surface area (Å²) in [4.78, 5) is 40.0. The molecule has 3 atom stereocenters. The van der Waals surface area contributed by atoms with Gasteiger partial charge in [0, 0.05) is 12.8 Å². The van der Waals surface area contributed by atoms with Crippen LogP contribution >= 0.6 is 7.82 Å². The molecule has 0 radical (unpaired) electrons. The fourth-order valence-corrected chi connectivity index (χ4v) is 9.68. The first kappa shape index (κ1) is 74.2. The fourth-order valence-electron chi connectivity index (χ4n) is 8.96. The maximum Gasteiger partial charge on any atom is 0.306 e. The largest absolute Gasteiger partial charge is 0.756 e. The minimum absolute atomic E-state index is 0.0377. The fraction of sp³-hybridized carbons (Fsp3) is 0.761. The Hall–Kier alpha value is -2.81. The maximum absolute atomic E-state index is 13.5. The third-order valence-electron chi connectivity index (χ3n) is 13.9. The quantitative estimate of drug-likeness (QED) is 0.0212. The van der Waals surface area contributed by atoms with E-state index in [1.165, 1.54) is 161 Å². The van der Waals surface area contributed by atoms with Gasteiger partial charge in [0.2, 0.25) is 5.91 Å². The lowest BCUT2D eigenvalue weighted by atomic mass is 10.0. The molecule has 0 saturated heterocycles. The molecule has 0 saturated carbocycles. The van der Waals surface area contributed by atoms with E-state index in [9.17, 15) is 19.0 Å². The third-order valence-corrected chi connectivity index (χ3v) is 14.8. The van der Waals surface area contributed by atoms with Crippen molar-refractivity contribution >= 4 is 19.7 Å². The number of unbranched alkanes of at least 4 members (excludes halogenated alkanes) is 29. The number of rotatable bonds is 57. The molecule has 1 N–H and O–H groups in total. The second-order valence-corrected chi connectivity index (χ2v) is 23.9. The van der Waals surface area contributed by atoms with Gasteiger partial charge in [0.1, 0.15) is 19.3 Å². The van der Waals surface area contributed by atoms with Crippen LogP contribution in [0.3, 0.4) is 0 Å². The number of hydrogen-bond acceptors (Lipinski definition) is 7. The molecule has 446 valence electrons. The van der Waals surface area contributed by atoms with Crippen molar-refractivity contribution in [2.75, 3.05) is 40.9 Å². The van der Waals surface area contributed by atoms with Crippen LogP contribution in [0.1, 0.15) is 278 Å². The van der Waals surface area contributed by atoms with Gasteiger partial charge >= 0.3 is 5.97 Å². The monoisotopic (exact) mass is 1100 g/mol. The van der Waals surface area contributed by atoms with Gasteiger partial charge in [-0.15, -0.1) is 0 Å². The summed E-state index contributed by atoms with van der Waals surface area (Å²) in [7, 11) is 1.14. The Morgan fingerprint density at radius 2 is 0.844 bits per heavy atom. The molecule has 0 rings (SSSR count). The van der Waals surface area contributed by atoms with Gasteiger partial charge in [-0.3, -0.25) is 14.2 Å². The first-order valence-corrected chi connectivity index (χ1v) is 33.4. The predicted molar refractivity (Wildman–Crippen MR) is 330 cm³/mol. The van der Waals surface area contributed by atoms with Crippen LogP contribution in [0.15, 0.2) is 85.1 Å². The number of hydrogen-bond donors (Lipinski definition) is 1. The van der Waals surface area contributed by atoms with Crippen LogP contribution < -0.4 is 10.2 Å². The summed E-state index contributed by atoms with van der Waals surface area (Å²) in [6.07, 6.45) is 74.3. The van der Waals surface area contributed by atoms with E-state index in [0.717, 1.165) is 77.0 Å². The zero-order valence-electron chi connectivity index (χ0n) is 50.9. The Kier molecular flexibility index (Phi) is 54.4. The average molecular weight is 1100 g/mol. The topological polar surface area (TPSA) is 114 Å². The summed E-state index contributed by atoms with van der Waals surface area (Å²) in [5.41, 5.74) is 0. The molecule has 77 heavy (non-hydrogen) atoms. The number of nitrogens with zero attached hydrogens (tertiary/aromatic N) is 1. The van der Waals surface area contributed by atoms with Crippen LogP contribution in [0.25, 0.3) is 0 Å². The highest BCUT2D eigenvalue weighted by Crippen LogP contribution is 2.38. The van der Waals surface area contributed by atoms with E-state index in [1.807, 2.05) is 45.4 Å². The molecule has 0 aromatic carbocycles. The molecule has 0 aliphatic carbocycles. The molecule has 0 fully saturated rings. The normalized spacial score (nSPS) is 14.2. The summed E-state index contributed by atoms with van der Waals surface area (Å²) < 4.78 is 30.3. The third kappa shape index (κ3) is 57.7. The van der Waals surface area contributed by atoms with E-state index < -0.39 is 26.6 Å². The minimum Gasteiger partial charge on any atom is -0.756 e. The van der Waals surface area contributed by atoms with Gasteiger partial charge in [0.25, 0.3) is 7.82 Å². The van der Waals surface area contributed by atoms with Crippen LogP contribution in [-0.4, -0.2) is 69.4 Å². The van der Waals surface area contributed by atoms with Gasteiger partial charge in [0.15, 0.2) is 0 Å². The number of amides is 1. The van der Waals surface area contributed by atoms with Crippen molar-refractivity contribution in [2.24, 2.45) is 0 Å². The minimum atomic E-state index is -4.72. The van der Waals surface area contributed by atoms with Crippen molar-refractivity contribution in [3.8, 4) is 0 Å². The second kappa shape index (κ2) is 56.5. The Bertz CT molecular complexity index is 1590. The number of quaternary nitrogens is 1. The maximum atomic E-state index is 13.5. The molecule has 1 amide bonds. The van der Waals surface area contributed by atoms with Crippen molar-refractivity contribution < 1.29 is 37.3 Å². The van der Waals surface area contributed by atoms with Crippen LogP contribution in [0.2, 0.25) is 0 Å². The van der Waals surface area contributed by atoms with Gasteiger partial charge in [-0.25, -0.2) is 0 Å². The lowest BCUT2D eigenvalue weighted by Crippen LogP contribution is -2.47. The van der Waals surface area contributed by atoms with Crippen molar-refractivity contribution in [2.45, 2.75) is 290 Å².